The highest BCUT2D eigenvalue weighted by Gasteiger charge is 2.24. The zero-order valence-electron chi connectivity index (χ0n) is 11.6. The van der Waals surface area contributed by atoms with Crippen LogP contribution in [0.4, 0.5) is 5.95 Å². The molecule has 0 bridgehead atoms. The summed E-state index contributed by atoms with van der Waals surface area (Å²) >= 11 is 0. The molecule has 0 radical (unpaired) electrons. The number of anilines is 1. The van der Waals surface area contributed by atoms with E-state index in [-0.39, 0.29) is 11.8 Å². The van der Waals surface area contributed by atoms with Gasteiger partial charge in [-0.1, -0.05) is 26.2 Å². The summed E-state index contributed by atoms with van der Waals surface area (Å²) in [4.78, 5) is 16.6. The molecule has 1 fully saturated rings. The number of amides is 1. The van der Waals surface area contributed by atoms with Gasteiger partial charge >= 0.3 is 0 Å². The molecule has 3 rings (SSSR count). The molecule has 1 unspecified atom stereocenters. The van der Waals surface area contributed by atoms with Crippen LogP contribution in [0.1, 0.15) is 51.3 Å². The summed E-state index contributed by atoms with van der Waals surface area (Å²) in [5.41, 5.74) is 0. The summed E-state index contributed by atoms with van der Waals surface area (Å²) in [6, 6.07) is 0. The first-order valence-electron chi connectivity index (χ1n) is 7.47. The molecule has 0 saturated heterocycles. The van der Waals surface area contributed by atoms with Gasteiger partial charge in [-0.15, -0.1) is 5.10 Å². The van der Waals surface area contributed by atoms with Crippen LogP contribution in [0, 0.1) is 11.8 Å². The molecule has 104 valence electrons. The normalized spacial score (nSPS) is 23.9. The van der Waals surface area contributed by atoms with Gasteiger partial charge < -0.3 is 0 Å². The molecular formula is C14H22N4O. The number of hydrogen-bond acceptors (Lipinski definition) is 3. The van der Waals surface area contributed by atoms with Crippen molar-refractivity contribution in [3.05, 3.63) is 5.82 Å². The van der Waals surface area contributed by atoms with E-state index in [9.17, 15) is 4.79 Å². The molecule has 5 heteroatoms. The Hall–Kier alpha value is -1.39. The SMILES string of the molecule is CC1CCn2nc(NC(=O)C3CCCCC3)nc2C1. The van der Waals surface area contributed by atoms with Gasteiger partial charge in [0.15, 0.2) is 0 Å². The van der Waals surface area contributed by atoms with Crippen molar-refractivity contribution in [3.8, 4) is 0 Å². The Morgan fingerprint density at radius 1 is 1.26 bits per heavy atom. The van der Waals surface area contributed by atoms with Crippen molar-refractivity contribution in [3.63, 3.8) is 0 Å². The molecule has 1 aliphatic heterocycles. The third-order valence-electron chi connectivity index (χ3n) is 4.32. The summed E-state index contributed by atoms with van der Waals surface area (Å²) in [5, 5.41) is 7.30. The van der Waals surface area contributed by atoms with Crippen molar-refractivity contribution in [2.45, 2.75) is 58.4 Å². The van der Waals surface area contributed by atoms with Gasteiger partial charge in [-0.05, 0) is 25.2 Å². The molecule has 1 aliphatic carbocycles. The molecule has 1 amide bonds. The van der Waals surface area contributed by atoms with Crippen LogP contribution in [0.3, 0.4) is 0 Å². The molecule has 19 heavy (non-hydrogen) atoms. The number of nitrogens with zero attached hydrogens (tertiary/aromatic N) is 3. The highest BCUT2D eigenvalue weighted by molar-refractivity contribution is 5.90. The maximum atomic E-state index is 12.1. The van der Waals surface area contributed by atoms with E-state index in [0.29, 0.717) is 11.9 Å². The van der Waals surface area contributed by atoms with E-state index < -0.39 is 0 Å². The Bertz CT molecular complexity index is 462. The van der Waals surface area contributed by atoms with E-state index in [4.69, 9.17) is 0 Å². The van der Waals surface area contributed by atoms with Gasteiger partial charge in [-0.2, -0.15) is 4.98 Å². The van der Waals surface area contributed by atoms with E-state index in [0.717, 1.165) is 38.1 Å². The minimum Gasteiger partial charge on any atom is -0.293 e. The molecule has 2 aliphatic rings. The smallest absolute Gasteiger partial charge is 0.248 e. The Balaban J connectivity index is 1.65. The maximum absolute atomic E-state index is 12.1. The summed E-state index contributed by atoms with van der Waals surface area (Å²) < 4.78 is 1.94. The molecule has 1 aromatic rings. The number of fused-ring (bicyclic) bond motifs is 1. The Kier molecular flexibility index (Phi) is 3.53. The van der Waals surface area contributed by atoms with Crippen molar-refractivity contribution < 1.29 is 4.79 Å². The average Bonchev–Trinajstić information content (AvgIpc) is 2.81. The second-order valence-corrected chi connectivity index (χ2v) is 6.00. The molecule has 5 nitrogen and oxygen atoms in total. The number of rotatable bonds is 2. The van der Waals surface area contributed by atoms with Gasteiger partial charge in [0.05, 0.1) is 0 Å². The van der Waals surface area contributed by atoms with Crippen LogP contribution in [0.15, 0.2) is 0 Å². The standard InChI is InChI=1S/C14H22N4O/c1-10-7-8-18-12(9-10)15-14(17-18)16-13(19)11-5-3-2-4-6-11/h10-11H,2-9H2,1H3,(H,16,17,19). The van der Waals surface area contributed by atoms with E-state index in [1.807, 2.05) is 4.68 Å². The summed E-state index contributed by atoms with van der Waals surface area (Å²) in [5.74, 6) is 2.44. The Labute approximate surface area is 113 Å². The third kappa shape index (κ3) is 2.80. The number of carbonyl (C=O) groups excluding carboxylic acids is 1. The number of nitrogens with one attached hydrogen (secondary N) is 1. The lowest BCUT2D eigenvalue weighted by molar-refractivity contribution is -0.120. The van der Waals surface area contributed by atoms with Gasteiger partial charge in [0.1, 0.15) is 5.82 Å². The predicted octanol–water partition coefficient (Wildman–Crippen LogP) is 2.38. The zero-order chi connectivity index (χ0) is 13.2. The van der Waals surface area contributed by atoms with Crippen LogP contribution in [-0.2, 0) is 17.8 Å². The molecule has 0 spiro atoms. The lowest BCUT2D eigenvalue weighted by Gasteiger charge is -2.19. The Morgan fingerprint density at radius 3 is 2.84 bits per heavy atom. The summed E-state index contributed by atoms with van der Waals surface area (Å²) in [6.45, 7) is 3.15. The first-order chi connectivity index (χ1) is 9.22. The lowest BCUT2D eigenvalue weighted by atomic mass is 9.89. The van der Waals surface area contributed by atoms with Crippen LogP contribution >= 0.6 is 0 Å². The van der Waals surface area contributed by atoms with Crippen LogP contribution in [0.2, 0.25) is 0 Å². The quantitative estimate of drug-likeness (QED) is 0.890. The fourth-order valence-electron chi connectivity index (χ4n) is 3.09. The number of aromatic nitrogens is 3. The fourth-order valence-corrected chi connectivity index (χ4v) is 3.09. The van der Waals surface area contributed by atoms with Crippen molar-refractivity contribution in [1.29, 1.82) is 0 Å². The van der Waals surface area contributed by atoms with Crippen molar-refractivity contribution in [2.75, 3.05) is 5.32 Å². The highest BCUT2D eigenvalue weighted by Crippen LogP contribution is 2.25. The minimum atomic E-state index is 0.107. The molecule has 1 saturated carbocycles. The van der Waals surface area contributed by atoms with E-state index in [2.05, 4.69) is 22.3 Å². The van der Waals surface area contributed by atoms with Gasteiger partial charge in [-0.3, -0.25) is 10.1 Å². The number of aryl methyl sites for hydroxylation is 1. The van der Waals surface area contributed by atoms with E-state index in [1.165, 1.54) is 19.3 Å². The molecular weight excluding hydrogens is 240 g/mol. The molecule has 0 aromatic carbocycles. The van der Waals surface area contributed by atoms with Gasteiger partial charge in [0.25, 0.3) is 0 Å². The lowest BCUT2D eigenvalue weighted by Crippen LogP contribution is -2.25. The van der Waals surface area contributed by atoms with Crippen LogP contribution in [-0.4, -0.2) is 20.7 Å². The topological polar surface area (TPSA) is 59.8 Å². The van der Waals surface area contributed by atoms with Crippen molar-refractivity contribution >= 4 is 11.9 Å². The minimum absolute atomic E-state index is 0.107. The van der Waals surface area contributed by atoms with Crippen molar-refractivity contribution in [2.24, 2.45) is 11.8 Å². The molecule has 1 aromatic heterocycles. The summed E-state index contributed by atoms with van der Waals surface area (Å²) in [7, 11) is 0. The molecule has 2 heterocycles. The number of carbonyl (C=O) groups is 1. The first kappa shape index (κ1) is 12.6. The first-order valence-corrected chi connectivity index (χ1v) is 7.47. The van der Waals surface area contributed by atoms with Gasteiger partial charge in [0, 0.05) is 18.9 Å². The van der Waals surface area contributed by atoms with Crippen molar-refractivity contribution in [1.82, 2.24) is 14.8 Å². The van der Waals surface area contributed by atoms with Crippen LogP contribution < -0.4 is 5.32 Å². The molecule has 1 N–H and O–H groups in total. The zero-order valence-corrected chi connectivity index (χ0v) is 11.6. The predicted molar refractivity (Wildman–Crippen MR) is 72.7 cm³/mol. The highest BCUT2D eigenvalue weighted by atomic mass is 16.2. The monoisotopic (exact) mass is 262 g/mol. The second-order valence-electron chi connectivity index (χ2n) is 6.00. The average molecular weight is 262 g/mol. The van der Waals surface area contributed by atoms with E-state index in [1.54, 1.807) is 0 Å². The Morgan fingerprint density at radius 2 is 2.05 bits per heavy atom. The number of hydrogen-bond donors (Lipinski definition) is 1. The second kappa shape index (κ2) is 5.31. The molecule has 1 atom stereocenters. The fraction of sp³-hybridized carbons (Fsp3) is 0.786. The van der Waals surface area contributed by atoms with Gasteiger partial charge in [-0.25, -0.2) is 4.68 Å². The van der Waals surface area contributed by atoms with Crippen LogP contribution in [0.5, 0.6) is 0 Å². The van der Waals surface area contributed by atoms with Crippen LogP contribution in [0.25, 0.3) is 0 Å². The third-order valence-corrected chi connectivity index (χ3v) is 4.32. The summed E-state index contributed by atoms with van der Waals surface area (Å²) in [6.07, 6.45) is 7.73. The van der Waals surface area contributed by atoms with E-state index >= 15 is 0 Å². The maximum Gasteiger partial charge on any atom is 0.248 e. The largest absolute Gasteiger partial charge is 0.293 e. The van der Waals surface area contributed by atoms with Gasteiger partial charge in [0.2, 0.25) is 11.9 Å².